The van der Waals surface area contributed by atoms with E-state index >= 15 is 0 Å². The summed E-state index contributed by atoms with van der Waals surface area (Å²) in [5.74, 6) is 0. The van der Waals surface area contributed by atoms with Crippen LogP contribution in [-0.2, 0) is 11.6 Å². The molecule has 1 atom stereocenters. The van der Waals surface area contributed by atoms with E-state index in [-0.39, 0.29) is 17.1 Å². The van der Waals surface area contributed by atoms with Gasteiger partial charge in [-0.1, -0.05) is 6.07 Å². The molecule has 4 N–H and O–H groups in total. The molecule has 2 nitrogen and oxygen atoms in total. The predicted octanol–water partition coefficient (Wildman–Crippen LogP) is 2.67. The van der Waals surface area contributed by atoms with Crippen LogP contribution in [0.15, 0.2) is 18.2 Å². The van der Waals surface area contributed by atoms with E-state index in [1.807, 2.05) is 6.92 Å². The lowest BCUT2D eigenvalue weighted by atomic mass is 9.87. The van der Waals surface area contributed by atoms with Gasteiger partial charge >= 0.3 is 6.18 Å². The van der Waals surface area contributed by atoms with Crippen molar-refractivity contribution >= 4 is 5.69 Å². The van der Waals surface area contributed by atoms with Crippen molar-refractivity contribution in [3.05, 3.63) is 29.3 Å². The predicted molar refractivity (Wildman–Crippen MR) is 60.4 cm³/mol. The number of anilines is 1. The van der Waals surface area contributed by atoms with Crippen LogP contribution in [0.4, 0.5) is 18.9 Å². The van der Waals surface area contributed by atoms with Gasteiger partial charge < -0.3 is 11.5 Å². The lowest BCUT2D eigenvalue weighted by Crippen LogP contribution is -2.32. The number of halogens is 3. The molecule has 94 valence electrons. The summed E-state index contributed by atoms with van der Waals surface area (Å²) in [4.78, 5) is 0. The van der Waals surface area contributed by atoms with Gasteiger partial charge in [-0.25, -0.2) is 0 Å². The molecule has 1 unspecified atom stereocenters. The van der Waals surface area contributed by atoms with Gasteiger partial charge in [0.05, 0.1) is 5.56 Å². The van der Waals surface area contributed by atoms with Gasteiger partial charge in [-0.15, -0.1) is 0 Å². The maximum atomic E-state index is 12.5. The first kappa shape index (κ1) is 12.2. The van der Waals surface area contributed by atoms with E-state index in [0.29, 0.717) is 0 Å². The molecule has 0 aliphatic heterocycles. The molecule has 1 aliphatic carbocycles. The molecule has 0 bridgehead atoms. The third-order valence-electron chi connectivity index (χ3n) is 3.58. The molecule has 2 rings (SSSR count). The van der Waals surface area contributed by atoms with Crippen molar-refractivity contribution in [2.75, 3.05) is 5.73 Å². The number of nitrogens with two attached hydrogens (primary N) is 2. The third-order valence-corrected chi connectivity index (χ3v) is 3.58. The van der Waals surface area contributed by atoms with Crippen LogP contribution in [-0.4, -0.2) is 6.04 Å². The Morgan fingerprint density at radius 3 is 2.24 bits per heavy atom. The molecule has 5 heteroatoms. The van der Waals surface area contributed by atoms with E-state index in [1.165, 1.54) is 6.07 Å². The lowest BCUT2D eigenvalue weighted by Gasteiger charge is -2.22. The molecule has 1 saturated carbocycles. The highest BCUT2D eigenvalue weighted by Crippen LogP contribution is 2.52. The van der Waals surface area contributed by atoms with E-state index in [9.17, 15) is 13.2 Å². The van der Waals surface area contributed by atoms with Crippen LogP contribution in [0.1, 0.15) is 30.9 Å². The van der Waals surface area contributed by atoms with Crippen molar-refractivity contribution in [2.45, 2.75) is 37.4 Å². The summed E-state index contributed by atoms with van der Waals surface area (Å²) in [6.07, 6.45) is -2.57. The quantitative estimate of drug-likeness (QED) is 0.786. The van der Waals surface area contributed by atoms with Gasteiger partial charge in [0.1, 0.15) is 0 Å². The molecule has 0 radical (unpaired) electrons. The summed E-state index contributed by atoms with van der Waals surface area (Å²) in [5, 5.41) is 0. The Morgan fingerprint density at radius 2 is 1.88 bits per heavy atom. The van der Waals surface area contributed by atoms with E-state index in [0.717, 1.165) is 30.5 Å². The molecular weight excluding hydrogens is 229 g/mol. The van der Waals surface area contributed by atoms with Gasteiger partial charge in [-0.05, 0) is 37.5 Å². The van der Waals surface area contributed by atoms with Crippen LogP contribution in [0, 0.1) is 0 Å². The van der Waals surface area contributed by atoms with Gasteiger partial charge in [0.15, 0.2) is 0 Å². The lowest BCUT2D eigenvalue weighted by molar-refractivity contribution is -0.137. The standard InChI is InChI=1S/C12H15F3N2/c1-7(16)11(4-5-11)9-3-2-8(6-10(9)17)12(13,14)15/h2-3,6-7H,4-5,16-17H2,1H3. The van der Waals surface area contributed by atoms with Crippen LogP contribution < -0.4 is 11.5 Å². The molecule has 1 aromatic rings. The third kappa shape index (κ3) is 1.99. The summed E-state index contributed by atoms with van der Waals surface area (Å²) >= 11 is 0. The van der Waals surface area contributed by atoms with Crippen LogP contribution in [0.3, 0.4) is 0 Å². The second kappa shape index (κ2) is 3.63. The van der Waals surface area contributed by atoms with Crippen LogP contribution >= 0.6 is 0 Å². The fraction of sp³-hybridized carbons (Fsp3) is 0.500. The van der Waals surface area contributed by atoms with E-state index in [2.05, 4.69) is 0 Å². The van der Waals surface area contributed by atoms with E-state index in [1.54, 1.807) is 0 Å². The molecule has 1 fully saturated rings. The minimum absolute atomic E-state index is 0.0958. The van der Waals surface area contributed by atoms with Gasteiger partial charge in [0.2, 0.25) is 0 Å². The van der Waals surface area contributed by atoms with Crippen LogP contribution in [0.25, 0.3) is 0 Å². The Kier molecular flexibility index (Phi) is 2.61. The van der Waals surface area contributed by atoms with Gasteiger partial charge in [-0.2, -0.15) is 13.2 Å². The molecule has 0 aromatic heterocycles. The topological polar surface area (TPSA) is 52.0 Å². The maximum Gasteiger partial charge on any atom is 0.416 e. The molecule has 17 heavy (non-hydrogen) atoms. The van der Waals surface area contributed by atoms with Gasteiger partial charge in [0, 0.05) is 17.1 Å². The Morgan fingerprint density at radius 1 is 1.29 bits per heavy atom. The summed E-state index contributed by atoms with van der Waals surface area (Å²) in [6.45, 7) is 1.87. The van der Waals surface area contributed by atoms with Crippen LogP contribution in [0.5, 0.6) is 0 Å². The van der Waals surface area contributed by atoms with Crippen LogP contribution in [0.2, 0.25) is 0 Å². The van der Waals surface area contributed by atoms with Gasteiger partial charge in [-0.3, -0.25) is 0 Å². The fourth-order valence-corrected chi connectivity index (χ4v) is 2.30. The van der Waals surface area contributed by atoms with Gasteiger partial charge in [0.25, 0.3) is 0 Å². The average Bonchev–Trinajstić information content (AvgIpc) is 2.96. The number of nitrogen functional groups attached to an aromatic ring is 1. The molecule has 1 aliphatic rings. The zero-order valence-electron chi connectivity index (χ0n) is 9.51. The molecule has 0 amide bonds. The number of hydrogen-bond acceptors (Lipinski definition) is 2. The molecule has 0 saturated heterocycles. The zero-order chi connectivity index (χ0) is 12.8. The molecule has 0 spiro atoms. The highest BCUT2D eigenvalue weighted by molar-refractivity contribution is 5.56. The Balaban J connectivity index is 2.40. The summed E-state index contributed by atoms with van der Waals surface area (Å²) in [6, 6.07) is 3.45. The first-order valence-electron chi connectivity index (χ1n) is 5.50. The first-order chi connectivity index (χ1) is 7.77. The van der Waals surface area contributed by atoms with Crippen molar-refractivity contribution in [1.29, 1.82) is 0 Å². The number of alkyl halides is 3. The summed E-state index contributed by atoms with van der Waals surface area (Å²) < 4.78 is 37.5. The largest absolute Gasteiger partial charge is 0.416 e. The number of benzene rings is 1. The Bertz CT molecular complexity index is 434. The second-order valence-corrected chi connectivity index (χ2v) is 4.74. The van der Waals surface area contributed by atoms with Crippen molar-refractivity contribution in [3.8, 4) is 0 Å². The SMILES string of the molecule is CC(N)C1(c2ccc(C(F)(F)F)cc2N)CC1. The molecule has 1 aromatic carbocycles. The summed E-state index contributed by atoms with van der Waals surface area (Å²) in [7, 11) is 0. The molecular formula is C12H15F3N2. The van der Waals surface area contributed by atoms with Crippen molar-refractivity contribution in [2.24, 2.45) is 5.73 Å². The second-order valence-electron chi connectivity index (χ2n) is 4.74. The number of rotatable bonds is 2. The highest BCUT2D eigenvalue weighted by atomic mass is 19.4. The Hall–Kier alpha value is -1.23. The number of hydrogen-bond donors (Lipinski definition) is 2. The van der Waals surface area contributed by atoms with Crippen molar-refractivity contribution in [3.63, 3.8) is 0 Å². The minimum Gasteiger partial charge on any atom is -0.398 e. The van der Waals surface area contributed by atoms with E-state index in [4.69, 9.17) is 11.5 Å². The molecule has 0 heterocycles. The smallest absolute Gasteiger partial charge is 0.398 e. The maximum absolute atomic E-state index is 12.5. The normalized spacial score (nSPS) is 20.1. The van der Waals surface area contributed by atoms with Crippen molar-refractivity contribution in [1.82, 2.24) is 0 Å². The monoisotopic (exact) mass is 244 g/mol. The minimum atomic E-state index is -4.35. The van der Waals surface area contributed by atoms with Crippen molar-refractivity contribution < 1.29 is 13.2 Å². The highest BCUT2D eigenvalue weighted by Gasteiger charge is 2.48. The Labute approximate surface area is 97.8 Å². The van der Waals surface area contributed by atoms with E-state index < -0.39 is 11.7 Å². The fourth-order valence-electron chi connectivity index (χ4n) is 2.30. The average molecular weight is 244 g/mol. The zero-order valence-corrected chi connectivity index (χ0v) is 9.51. The summed E-state index contributed by atoms with van der Waals surface area (Å²) in [5.41, 5.74) is 11.6. The first-order valence-corrected chi connectivity index (χ1v) is 5.50.